The van der Waals surface area contributed by atoms with Crippen LogP contribution in [0.25, 0.3) is 0 Å². The third-order valence-corrected chi connectivity index (χ3v) is 4.53. The number of aromatic nitrogens is 1. The van der Waals surface area contributed by atoms with Gasteiger partial charge >= 0.3 is 16.1 Å². The largest absolute Gasteiger partial charge is 0.365 e. The van der Waals surface area contributed by atoms with E-state index < -0.39 is 32.9 Å². The molecule has 29 heavy (non-hydrogen) atoms. The van der Waals surface area contributed by atoms with Crippen LogP contribution >= 0.6 is 0 Å². The quantitative estimate of drug-likeness (QED) is 0.237. The van der Waals surface area contributed by atoms with Crippen molar-refractivity contribution in [2.45, 2.75) is 12.8 Å². The van der Waals surface area contributed by atoms with E-state index in [-0.39, 0.29) is 29.8 Å². The molecule has 2 N–H and O–H groups in total. The molecule has 2 amide bonds. The van der Waals surface area contributed by atoms with Crippen LogP contribution in [-0.2, 0) is 24.5 Å². The van der Waals surface area contributed by atoms with Crippen LogP contribution in [0.4, 0.5) is 5.82 Å². The molecule has 0 unspecified atom stereocenters. The highest BCUT2D eigenvalue weighted by atomic mass is 32.2. The smallest absolute Gasteiger partial charge is 0.325 e. The summed E-state index contributed by atoms with van der Waals surface area (Å²) in [6, 6.07) is 10.3. The van der Waals surface area contributed by atoms with Crippen molar-refractivity contribution < 1.29 is 32.2 Å². The average Bonchev–Trinajstić information content (AvgIpc) is 3.00. The summed E-state index contributed by atoms with van der Waals surface area (Å²) in [5, 5.41) is 3.46. The lowest BCUT2D eigenvalue weighted by Gasteiger charge is -2.12. The Hall–Kier alpha value is -3.64. The van der Waals surface area contributed by atoms with Crippen LogP contribution in [0, 0.1) is 0 Å². The summed E-state index contributed by atoms with van der Waals surface area (Å²) in [5.41, 5.74) is 2.47. The van der Waals surface area contributed by atoms with Gasteiger partial charge in [-0.3, -0.25) is 19.6 Å². The second-order valence-electron chi connectivity index (χ2n) is 5.76. The van der Waals surface area contributed by atoms with Gasteiger partial charge in [0, 0.05) is 24.6 Å². The minimum atomic E-state index is -4.62. The number of nitrogens with zero attached hydrogens (tertiary/aromatic N) is 3. The second kappa shape index (κ2) is 8.16. The highest BCUT2D eigenvalue weighted by Crippen LogP contribution is 2.15. The highest BCUT2D eigenvalue weighted by molar-refractivity contribution is 8.02. The highest BCUT2D eigenvalue weighted by Gasteiger charge is 2.33. The number of hydrogen-bond acceptors (Lipinski definition) is 9. The molecule has 1 aromatic carbocycles. The van der Waals surface area contributed by atoms with Crippen LogP contribution in [0.1, 0.15) is 28.8 Å². The normalized spacial score (nSPS) is 14.8. The van der Waals surface area contributed by atoms with Crippen LogP contribution < -0.4 is 5.43 Å². The molecule has 1 aromatic heterocycles. The first kappa shape index (κ1) is 20.1. The maximum Gasteiger partial charge on any atom is 0.365 e. The molecule has 2 aromatic rings. The van der Waals surface area contributed by atoms with E-state index in [4.69, 9.17) is 4.84 Å². The van der Waals surface area contributed by atoms with Crippen LogP contribution in [0.3, 0.4) is 0 Å². The number of hydrazone groups is 1. The van der Waals surface area contributed by atoms with Crippen molar-refractivity contribution in [3.05, 3.63) is 59.8 Å². The van der Waals surface area contributed by atoms with Gasteiger partial charge < -0.3 is 4.84 Å². The van der Waals surface area contributed by atoms with E-state index >= 15 is 0 Å². The first-order valence-electron chi connectivity index (χ1n) is 8.16. The zero-order valence-corrected chi connectivity index (χ0v) is 15.5. The third kappa shape index (κ3) is 4.80. The second-order valence-corrected chi connectivity index (χ2v) is 7.10. The molecule has 11 nitrogen and oxygen atoms in total. The number of rotatable bonds is 5. The molecule has 0 bridgehead atoms. The average molecular weight is 418 g/mol. The molecular formula is C17H14N4O7S. The summed E-state index contributed by atoms with van der Waals surface area (Å²) in [4.78, 5) is 43.6. The molecule has 1 aliphatic rings. The van der Waals surface area contributed by atoms with Crippen molar-refractivity contribution in [1.29, 1.82) is 0 Å². The van der Waals surface area contributed by atoms with E-state index in [1.165, 1.54) is 24.3 Å². The maximum atomic E-state index is 12.0. The molecule has 150 valence electrons. The monoisotopic (exact) mass is 418 g/mol. The van der Waals surface area contributed by atoms with E-state index in [9.17, 15) is 27.4 Å². The first-order chi connectivity index (χ1) is 13.8. The van der Waals surface area contributed by atoms with Crippen molar-refractivity contribution in [1.82, 2.24) is 10.0 Å². The Bertz CT molecular complexity index is 1070. The fourth-order valence-corrected chi connectivity index (χ4v) is 2.93. The molecule has 12 heteroatoms. The molecule has 1 saturated heterocycles. The van der Waals surface area contributed by atoms with Crippen molar-refractivity contribution in [3.8, 4) is 0 Å². The number of benzene rings is 1. The first-order valence-corrected chi connectivity index (χ1v) is 9.60. The molecule has 0 atom stereocenters. The third-order valence-electron chi connectivity index (χ3n) is 3.72. The van der Waals surface area contributed by atoms with Crippen LogP contribution in [0.15, 0.2) is 53.8 Å². The van der Waals surface area contributed by atoms with Crippen LogP contribution in [0.5, 0.6) is 0 Å². The summed E-state index contributed by atoms with van der Waals surface area (Å²) in [7, 11) is -4.62. The van der Waals surface area contributed by atoms with E-state index in [2.05, 4.69) is 15.5 Å². The number of nitrogens with one attached hydrogen (secondary N) is 1. The SMILES string of the molecule is O=C(ON1C(=O)CCC1=O)c1ccc(NN=C(c2ccccc2)S(=O)(=O)O)nc1. The van der Waals surface area contributed by atoms with Gasteiger partial charge in [0.2, 0.25) is 5.04 Å². The Morgan fingerprint density at radius 3 is 2.28 bits per heavy atom. The van der Waals surface area contributed by atoms with Crippen molar-refractivity contribution in [3.63, 3.8) is 0 Å². The van der Waals surface area contributed by atoms with Crippen molar-refractivity contribution >= 4 is 38.8 Å². The lowest BCUT2D eigenvalue weighted by Crippen LogP contribution is -2.32. The molecule has 1 aliphatic heterocycles. The van der Waals surface area contributed by atoms with Crippen molar-refractivity contribution in [2.24, 2.45) is 5.10 Å². The predicted molar refractivity (Wildman–Crippen MR) is 98.9 cm³/mol. The van der Waals surface area contributed by atoms with Gasteiger partial charge in [-0.1, -0.05) is 30.3 Å². The molecule has 1 fully saturated rings. The summed E-state index contributed by atoms with van der Waals surface area (Å²) < 4.78 is 32.5. The number of imide groups is 1. The van der Waals surface area contributed by atoms with Crippen LogP contribution in [0.2, 0.25) is 0 Å². The molecule has 0 spiro atoms. The summed E-state index contributed by atoms with van der Waals surface area (Å²) >= 11 is 0. The van der Waals surface area contributed by atoms with E-state index in [0.717, 1.165) is 6.20 Å². The van der Waals surface area contributed by atoms with Gasteiger partial charge in [-0.05, 0) is 12.1 Å². The molecule has 0 aliphatic carbocycles. The van der Waals surface area contributed by atoms with Gasteiger partial charge in [0.1, 0.15) is 5.82 Å². The lowest BCUT2D eigenvalue weighted by atomic mass is 10.2. The Kier molecular flexibility index (Phi) is 5.66. The zero-order valence-electron chi connectivity index (χ0n) is 14.7. The molecule has 0 saturated carbocycles. The van der Waals surface area contributed by atoms with E-state index in [0.29, 0.717) is 5.06 Å². The topological polar surface area (TPSA) is 155 Å². The van der Waals surface area contributed by atoms with E-state index in [1.54, 1.807) is 18.2 Å². The Morgan fingerprint density at radius 2 is 1.72 bits per heavy atom. The van der Waals surface area contributed by atoms with Gasteiger partial charge in [-0.15, -0.1) is 5.06 Å². The lowest BCUT2D eigenvalue weighted by molar-refractivity contribution is -0.172. The number of anilines is 1. The van der Waals surface area contributed by atoms with Crippen LogP contribution in [-0.4, -0.2) is 45.8 Å². The number of hydrogen-bond donors (Lipinski definition) is 2. The molecule has 0 radical (unpaired) electrons. The van der Waals surface area contributed by atoms with Crippen molar-refractivity contribution in [2.75, 3.05) is 5.43 Å². The zero-order chi connectivity index (χ0) is 21.0. The maximum absolute atomic E-state index is 12.0. The predicted octanol–water partition coefficient (Wildman–Crippen LogP) is 0.964. The van der Waals surface area contributed by atoms with Gasteiger partial charge in [0.25, 0.3) is 11.8 Å². The van der Waals surface area contributed by atoms with Gasteiger partial charge in [0.05, 0.1) is 5.56 Å². The molecule has 3 rings (SSSR count). The standard InChI is InChI=1S/C17H14N4O7S/c22-14-8-9-15(23)21(14)28-17(24)12-6-7-13(18-10-12)19-20-16(29(25,26)27)11-4-2-1-3-5-11/h1-7,10H,8-9H2,(H,18,19)(H,25,26,27). The minimum Gasteiger partial charge on any atom is -0.325 e. The minimum absolute atomic E-state index is 0.0251. The van der Waals surface area contributed by atoms with Gasteiger partial charge in [-0.2, -0.15) is 13.5 Å². The Balaban J connectivity index is 1.73. The molecular weight excluding hydrogens is 404 g/mol. The van der Waals surface area contributed by atoms with Gasteiger partial charge in [0.15, 0.2) is 0 Å². The summed E-state index contributed by atoms with van der Waals surface area (Å²) in [6.07, 6.45) is 1.03. The number of pyridine rings is 1. The number of carbonyl (C=O) groups excluding carboxylic acids is 3. The van der Waals surface area contributed by atoms with E-state index in [1.807, 2.05) is 0 Å². The fraction of sp³-hybridized carbons (Fsp3) is 0.118. The Morgan fingerprint density at radius 1 is 1.07 bits per heavy atom. The fourth-order valence-electron chi connectivity index (χ4n) is 2.33. The molecule has 2 heterocycles. The summed E-state index contributed by atoms with van der Waals surface area (Å²) in [6.45, 7) is 0. The summed E-state index contributed by atoms with van der Waals surface area (Å²) in [5.74, 6) is -2.11. The number of amides is 2. The Labute approximate surface area is 164 Å². The number of carbonyl (C=O) groups is 3. The van der Waals surface area contributed by atoms with Gasteiger partial charge in [-0.25, -0.2) is 9.78 Å². The number of hydroxylamine groups is 2.